The molecule has 0 radical (unpaired) electrons. The zero-order chi connectivity index (χ0) is 13.5. The number of carbonyl (C=O) groups excluding carboxylic acids is 1. The summed E-state index contributed by atoms with van der Waals surface area (Å²) < 4.78 is 5.21. The van der Waals surface area contributed by atoms with Gasteiger partial charge in [0.05, 0.1) is 18.1 Å². The highest BCUT2D eigenvalue weighted by atomic mass is 16.5. The Morgan fingerprint density at radius 3 is 2.47 bits per heavy atom. The number of nitrogens with two attached hydrogens (primary N) is 1. The zero-order valence-corrected chi connectivity index (χ0v) is 10.7. The first-order valence-corrected chi connectivity index (χ1v) is 5.74. The lowest BCUT2D eigenvalue weighted by Crippen LogP contribution is -2.52. The predicted molar refractivity (Wildman–Crippen MR) is 63.6 cm³/mol. The summed E-state index contributed by atoms with van der Waals surface area (Å²) in [6, 6.07) is 0. The van der Waals surface area contributed by atoms with Crippen molar-refractivity contribution in [3.05, 3.63) is 0 Å². The molecule has 17 heavy (non-hydrogen) atoms. The van der Waals surface area contributed by atoms with E-state index in [-0.39, 0.29) is 18.9 Å². The second kappa shape index (κ2) is 7.24. The van der Waals surface area contributed by atoms with E-state index in [0.29, 0.717) is 13.0 Å². The van der Waals surface area contributed by atoms with Crippen molar-refractivity contribution in [1.29, 1.82) is 0 Å². The van der Waals surface area contributed by atoms with Gasteiger partial charge in [-0.25, -0.2) is 0 Å². The normalized spacial score (nSPS) is 16.0. The molecular formula is C11H22N2O4. The molecule has 0 aliphatic carbocycles. The molecule has 2 unspecified atom stereocenters. The molecule has 0 saturated heterocycles. The van der Waals surface area contributed by atoms with Crippen molar-refractivity contribution in [1.82, 2.24) is 5.32 Å². The van der Waals surface area contributed by atoms with E-state index < -0.39 is 17.6 Å². The van der Waals surface area contributed by atoms with Crippen molar-refractivity contribution < 1.29 is 19.4 Å². The highest BCUT2D eigenvalue weighted by molar-refractivity contribution is 5.85. The number of carbonyl (C=O) groups is 2. The minimum Gasteiger partial charge on any atom is -0.481 e. The molecule has 2 atom stereocenters. The summed E-state index contributed by atoms with van der Waals surface area (Å²) in [5.41, 5.74) is 4.82. The maximum absolute atomic E-state index is 11.7. The molecule has 0 heterocycles. The Kier molecular flexibility index (Phi) is 6.75. The molecule has 0 aliphatic heterocycles. The van der Waals surface area contributed by atoms with Gasteiger partial charge in [-0.3, -0.25) is 9.59 Å². The van der Waals surface area contributed by atoms with Crippen LogP contribution in [0.5, 0.6) is 0 Å². The first kappa shape index (κ1) is 15.9. The van der Waals surface area contributed by atoms with E-state index in [9.17, 15) is 9.59 Å². The third kappa shape index (κ3) is 6.23. The third-order valence-corrected chi connectivity index (χ3v) is 2.55. The average molecular weight is 246 g/mol. The van der Waals surface area contributed by atoms with Gasteiger partial charge in [0, 0.05) is 13.2 Å². The van der Waals surface area contributed by atoms with Crippen LogP contribution in [0.4, 0.5) is 0 Å². The van der Waals surface area contributed by atoms with Crippen molar-refractivity contribution in [2.45, 2.75) is 45.3 Å². The first-order valence-electron chi connectivity index (χ1n) is 5.74. The summed E-state index contributed by atoms with van der Waals surface area (Å²) in [7, 11) is 0. The molecule has 0 aromatic rings. The number of amides is 1. The molecule has 6 heteroatoms. The topological polar surface area (TPSA) is 102 Å². The smallest absolute Gasteiger partial charge is 0.306 e. The largest absolute Gasteiger partial charge is 0.481 e. The summed E-state index contributed by atoms with van der Waals surface area (Å²) in [5.74, 6) is -1.25. The summed E-state index contributed by atoms with van der Waals surface area (Å²) in [6.07, 6.45) is -0.146. The Balaban J connectivity index is 4.21. The van der Waals surface area contributed by atoms with Crippen LogP contribution in [0.2, 0.25) is 0 Å². The van der Waals surface area contributed by atoms with Gasteiger partial charge in [0.1, 0.15) is 0 Å². The number of ether oxygens (including phenoxy) is 1. The van der Waals surface area contributed by atoms with Crippen LogP contribution in [0.25, 0.3) is 0 Å². The fourth-order valence-electron chi connectivity index (χ4n) is 1.19. The minimum atomic E-state index is -0.955. The predicted octanol–water partition coefficient (Wildman–Crippen LogP) is 0.110. The monoisotopic (exact) mass is 246 g/mol. The average Bonchev–Trinajstić information content (AvgIpc) is 2.25. The van der Waals surface area contributed by atoms with Gasteiger partial charge in [0.25, 0.3) is 0 Å². The Labute approximate surface area is 102 Å². The van der Waals surface area contributed by atoms with Crippen LogP contribution in [0, 0.1) is 0 Å². The van der Waals surface area contributed by atoms with E-state index in [2.05, 4.69) is 5.32 Å². The van der Waals surface area contributed by atoms with Crippen LogP contribution in [-0.4, -0.2) is 41.8 Å². The molecule has 4 N–H and O–H groups in total. The third-order valence-electron chi connectivity index (χ3n) is 2.55. The van der Waals surface area contributed by atoms with Gasteiger partial charge in [-0.2, -0.15) is 0 Å². The van der Waals surface area contributed by atoms with Crippen LogP contribution >= 0.6 is 0 Å². The Bertz CT molecular complexity index is 266. The number of nitrogens with one attached hydrogen (secondary N) is 1. The van der Waals surface area contributed by atoms with Crippen LogP contribution in [-0.2, 0) is 14.3 Å². The minimum absolute atomic E-state index is 0.137. The molecule has 0 bridgehead atoms. The van der Waals surface area contributed by atoms with Crippen LogP contribution in [0.15, 0.2) is 0 Å². The quantitative estimate of drug-likeness (QED) is 0.564. The lowest BCUT2D eigenvalue weighted by atomic mass is 9.99. The Hall–Kier alpha value is -1.14. The summed E-state index contributed by atoms with van der Waals surface area (Å²) in [5, 5.41) is 11.3. The molecular weight excluding hydrogens is 224 g/mol. The SMILES string of the molecule is CCOC(CNC(=O)C(C)(N)CC)CC(=O)O. The van der Waals surface area contributed by atoms with Crippen LogP contribution in [0.1, 0.15) is 33.6 Å². The van der Waals surface area contributed by atoms with E-state index in [1.807, 2.05) is 6.92 Å². The highest BCUT2D eigenvalue weighted by Crippen LogP contribution is 2.05. The number of rotatable bonds is 8. The summed E-state index contributed by atoms with van der Waals surface area (Å²) in [4.78, 5) is 22.2. The fourth-order valence-corrected chi connectivity index (χ4v) is 1.19. The maximum atomic E-state index is 11.7. The molecule has 0 aromatic carbocycles. The lowest BCUT2D eigenvalue weighted by Gasteiger charge is -2.23. The molecule has 0 fully saturated rings. The van der Waals surface area contributed by atoms with Crippen molar-refractivity contribution in [2.24, 2.45) is 5.73 Å². The second-order valence-corrected chi connectivity index (χ2v) is 4.16. The molecule has 0 spiro atoms. The van der Waals surface area contributed by atoms with E-state index in [1.165, 1.54) is 0 Å². The molecule has 0 aromatic heterocycles. The molecule has 0 saturated carbocycles. The van der Waals surface area contributed by atoms with Gasteiger partial charge in [-0.1, -0.05) is 6.92 Å². The number of aliphatic carboxylic acids is 1. The molecule has 0 rings (SSSR count). The van der Waals surface area contributed by atoms with Crippen LogP contribution < -0.4 is 11.1 Å². The second-order valence-electron chi connectivity index (χ2n) is 4.16. The number of carboxylic acid groups (broad SMARTS) is 1. The van der Waals surface area contributed by atoms with Gasteiger partial charge >= 0.3 is 5.97 Å². The van der Waals surface area contributed by atoms with Crippen molar-refractivity contribution in [2.75, 3.05) is 13.2 Å². The standard InChI is InChI=1S/C11H22N2O4/c1-4-11(3,12)10(16)13-7-8(17-5-2)6-9(14)15/h8H,4-7,12H2,1-3H3,(H,13,16)(H,14,15). The summed E-state index contributed by atoms with van der Waals surface area (Å²) >= 11 is 0. The number of carboxylic acids is 1. The number of hydrogen-bond acceptors (Lipinski definition) is 4. The van der Waals surface area contributed by atoms with E-state index >= 15 is 0 Å². The Morgan fingerprint density at radius 2 is 2.06 bits per heavy atom. The molecule has 0 aliphatic rings. The number of hydrogen-bond donors (Lipinski definition) is 3. The molecule has 6 nitrogen and oxygen atoms in total. The van der Waals surface area contributed by atoms with Gasteiger partial charge in [-0.15, -0.1) is 0 Å². The van der Waals surface area contributed by atoms with Gasteiger partial charge in [0.15, 0.2) is 0 Å². The van der Waals surface area contributed by atoms with E-state index in [4.69, 9.17) is 15.6 Å². The highest BCUT2D eigenvalue weighted by Gasteiger charge is 2.26. The van der Waals surface area contributed by atoms with Crippen molar-refractivity contribution >= 4 is 11.9 Å². The maximum Gasteiger partial charge on any atom is 0.306 e. The summed E-state index contributed by atoms with van der Waals surface area (Å²) in [6.45, 7) is 5.79. The van der Waals surface area contributed by atoms with Gasteiger partial charge in [-0.05, 0) is 20.3 Å². The zero-order valence-electron chi connectivity index (χ0n) is 10.7. The van der Waals surface area contributed by atoms with E-state index in [1.54, 1.807) is 13.8 Å². The van der Waals surface area contributed by atoms with Gasteiger partial charge in [0.2, 0.25) is 5.91 Å². The molecule has 1 amide bonds. The van der Waals surface area contributed by atoms with Crippen molar-refractivity contribution in [3.8, 4) is 0 Å². The van der Waals surface area contributed by atoms with Gasteiger partial charge < -0.3 is 20.9 Å². The lowest BCUT2D eigenvalue weighted by molar-refractivity contribution is -0.140. The van der Waals surface area contributed by atoms with Crippen LogP contribution in [0.3, 0.4) is 0 Å². The Morgan fingerprint density at radius 1 is 1.47 bits per heavy atom. The fraction of sp³-hybridized carbons (Fsp3) is 0.818. The first-order chi connectivity index (χ1) is 7.83. The molecule has 100 valence electrons. The van der Waals surface area contributed by atoms with E-state index in [0.717, 1.165) is 0 Å². The van der Waals surface area contributed by atoms with Crippen molar-refractivity contribution in [3.63, 3.8) is 0 Å².